The predicted octanol–water partition coefficient (Wildman–Crippen LogP) is -0.124. The lowest BCUT2D eigenvalue weighted by Crippen LogP contribution is -2.26. The van der Waals surface area contributed by atoms with Crippen molar-refractivity contribution in [1.29, 1.82) is 0 Å². The second-order valence-electron chi connectivity index (χ2n) is 3.60. The Balaban J connectivity index is 2.08. The molecule has 0 bridgehead atoms. The molecule has 1 heterocycles. The predicted molar refractivity (Wildman–Crippen MR) is 56.5 cm³/mol. The first kappa shape index (κ1) is 11.6. The molecular formula is C9H17N5O. The van der Waals surface area contributed by atoms with E-state index < -0.39 is 0 Å². The Morgan fingerprint density at radius 1 is 1.53 bits per heavy atom. The second-order valence-corrected chi connectivity index (χ2v) is 3.60. The molecule has 0 aromatic carbocycles. The van der Waals surface area contributed by atoms with Crippen LogP contribution in [0.4, 0.5) is 0 Å². The summed E-state index contributed by atoms with van der Waals surface area (Å²) in [6.07, 6.45) is 3.36. The molecule has 0 aliphatic rings. The molecule has 0 atom stereocenters. The summed E-state index contributed by atoms with van der Waals surface area (Å²) >= 11 is 0. The van der Waals surface area contributed by atoms with Crippen LogP contribution in [0.1, 0.15) is 23.5 Å². The van der Waals surface area contributed by atoms with Crippen LogP contribution in [-0.4, -0.2) is 53.2 Å². The van der Waals surface area contributed by atoms with E-state index in [4.69, 9.17) is 0 Å². The van der Waals surface area contributed by atoms with E-state index in [-0.39, 0.29) is 11.7 Å². The van der Waals surface area contributed by atoms with Gasteiger partial charge in [-0.1, -0.05) is 0 Å². The Morgan fingerprint density at radius 2 is 2.33 bits per heavy atom. The molecule has 0 unspecified atom stereocenters. The molecule has 0 saturated carbocycles. The first-order valence-electron chi connectivity index (χ1n) is 4.98. The van der Waals surface area contributed by atoms with Gasteiger partial charge in [0, 0.05) is 6.54 Å². The van der Waals surface area contributed by atoms with E-state index in [0.717, 1.165) is 19.4 Å². The highest BCUT2D eigenvalue weighted by atomic mass is 16.2. The van der Waals surface area contributed by atoms with E-state index in [1.165, 1.54) is 6.33 Å². The minimum atomic E-state index is -0.197. The van der Waals surface area contributed by atoms with Crippen molar-refractivity contribution in [2.75, 3.05) is 27.2 Å². The topological polar surface area (TPSA) is 73.9 Å². The summed E-state index contributed by atoms with van der Waals surface area (Å²) in [6.45, 7) is 1.71. The molecule has 1 aromatic rings. The maximum Gasteiger partial charge on any atom is 0.288 e. The van der Waals surface area contributed by atoms with Gasteiger partial charge < -0.3 is 10.2 Å². The van der Waals surface area contributed by atoms with Gasteiger partial charge in [-0.2, -0.15) is 5.10 Å². The van der Waals surface area contributed by atoms with Crippen LogP contribution in [0.15, 0.2) is 6.33 Å². The van der Waals surface area contributed by atoms with Crippen molar-refractivity contribution in [3.63, 3.8) is 0 Å². The minimum Gasteiger partial charge on any atom is -0.349 e. The second kappa shape index (κ2) is 6.13. The van der Waals surface area contributed by atoms with Gasteiger partial charge in [0.15, 0.2) is 0 Å². The number of nitrogens with one attached hydrogen (secondary N) is 2. The van der Waals surface area contributed by atoms with E-state index in [1.54, 1.807) is 0 Å². The summed E-state index contributed by atoms with van der Waals surface area (Å²) in [4.78, 5) is 17.2. The van der Waals surface area contributed by atoms with Crippen molar-refractivity contribution in [2.45, 2.75) is 12.8 Å². The van der Waals surface area contributed by atoms with Gasteiger partial charge in [-0.15, -0.1) is 0 Å². The Labute approximate surface area is 89.1 Å². The fourth-order valence-electron chi connectivity index (χ4n) is 1.15. The average Bonchev–Trinajstić information content (AvgIpc) is 2.69. The van der Waals surface area contributed by atoms with Crippen molar-refractivity contribution < 1.29 is 4.79 Å². The molecule has 0 aliphatic heterocycles. The summed E-state index contributed by atoms with van der Waals surface area (Å²) < 4.78 is 0. The number of hydrogen-bond donors (Lipinski definition) is 2. The highest BCUT2D eigenvalue weighted by Gasteiger charge is 2.06. The normalized spacial score (nSPS) is 10.6. The molecule has 1 aromatic heterocycles. The quantitative estimate of drug-likeness (QED) is 0.643. The van der Waals surface area contributed by atoms with Crippen LogP contribution in [0.25, 0.3) is 0 Å². The third-order valence-corrected chi connectivity index (χ3v) is 1.95. The average molecular weight is 211 g/mol. The number of hydrogen-bond acceptors (Lipinski definition) is 4. The van der Waals surface area contributed by atoms with Crippen molar-refractivity contribution >= 4 is 5.91 Å². The number of unbranched alkanes of at least 4 members (excludes halogenated alkanes) is 1. The van der Waals surface area contributed by atoms with Crippen LogP contribution in [0.5, 0.6) is 0 Å². The van der Waals surface area contributed by atoms with E-state index in [2.05, 4.69) is 25.4 Å². The van der Waals surface area contributed by atoms with Gasteiger partial charge in [-0.05, 0) is 33.5 Å². The largest absolute Gasteiger partial charge is 0.349 e. The van der Waals surface area contributed by atoms with Crippen LogP contribution >= 0.6 is 0 Å². The number of carbonyl (C=O) groups is 1. The first-order chi connectivity index (χ1) is 7.20. The first-order valence-corrected chi connectivity index (χ1v) is 4.98. The van der Waals surface area contributed by atoms with Gasteiger partial charge in [-0.3, -0.25) is 9.89 Å². The van der Waals surface area contributed by atoms with E-state index in [1.807, 2.05) is 14.1 Å². The fourth-order valence-corrected chi connectivity index (χ4v) is 1.15. The maximum atomic E-state index is 11.3. The maximum absolute atomic E-state index is 11.3. The van der Waals surface area contributed by atoms with Crippen LogP contribution < -0.4 is 5.32 Å². The zero-order valence-electron chi connectivity index (χ0n) is 9.16. The minimum absolute atomic E-state index is 0.197. The van der Waals surface area contributed by atoms with E-state index in [0.29, 0.717) is 6.54 Å². The number of rotatable bonds is 6. The molecule has 0 radical (unpaired) electrons. The SMILES string of the molecule is CN(C)CCCCNC(=O)c1ncn[nH]1. The molecule has 6 nitrogen and oxygen atoms in total. The molecule has 6 heteroatoms. The van der Waals surface area contributed by atoms with Gasteiger partial charge in [0.1, 0.15) is 6.33 Å². The third kappa shape index (κ3) is 4.55. The van der Waals surface area contributed by atoms with Gasteiger partial charge in [0.25, 0.3) is 5.91 Å². The molecular weight excluding hydrogens is 194 g/mol. The van der Waals surface area contributed by atoms with Crippen LogP contribution in [0.2, 0.25) is 0 Å². The fraction of sp³-hybridized carbons (Fsp3) is 0.667. The van der Waals surface area contributed by atoms with E-state index >= 15 is 0 Å². The summed E-state index contributed by atoms with van der Waals surface area (Å²) in [7, 11) is 4.07. The highest BCUT2D eigenvalue weighted by molar-refractivity contribution is 5.90. The van der Waals surface area contributed by atoms with Gasteiger partial charge in [-0.25, -0.2) is 4.98 Å². The van der Waals surface area contributed by atoms with Gasteiger partial charge in [0.05, 0.1) is 0 Å². The zero-order valence-corrected chi connectivity index (χ0v) is 9.16. The molecule has 84 valence electrons. The molecule has 0 spiro atoms. The lowest BCUT2D eigenvalue weighted by atomic mass is 10.3. The third-order valence-electron chi connectivity index (χ3n) is 1.95. The summed E-state index contributed by atoms with van der Waals surface area (Å²) in [5.41, 5.74) is 0. The van der Waals surface area contributed by atoms with Crippen molar-refractivity contribution in [2.24, 2.45) is 0 Å². The highest BCUT2D eigenvalue weighted by Crippen LogP contribution is 1.90. The Bertz CT molecular complexity index is 283. The monoisotopic (exact) mass is 211 g/mol. The molecule has 0 aliphatic carbocycles. The summed E-state index contributed by atoms with van der Waals surface area (Å²) in [5, 5.41) is 8.89. The lowest BCUT2D eigenvalue weighted by Gasteiger charge is -2.08. The molecule has 15 heavy (non-hydrogen) atoms. The Hall–Kier alpha value is -1.43. The van der Waals surface area contributed by atoms with Crippen LogP contribution in [0, 0.1) is 0 Å². The molecule has 2 N–H and O–H groups in total. The van der Waals surface area contributed by atoms with Crippen molar-refractivity contribution in [3.8, 4) is 0 Å². The van der Waals surface area contributed by atoms with Gasteiger partial charge in [0.2, 0.25) is 5.82 Å². The molecule has 0 fully saturated rings. The van der Waals surface area contributed by atoms with Crippen LogP contribution in [0.3, 0.4) is 0 Å². The molecule has 1 amide bonds. The zero-order chi connectivity index (χ0) is 11.1. The summed E-state index contributed by atoms with van der Waals surface area (Å²) in [6, 6.07) is 0. The number of aromatic nitrogens is 3. The summed E-state index contributed by atoms with van der Waals surface area (Å²) in [5.74, 6) is 0.0694. The number of amides is 1. The number of aromatic amines is 1. The standard InChI is InChI=1S/C9H17N5O/c1-14(2)6-4-3-5-10-9(15)8-11-7-12-13-8/h7H,3-6H2,1-2H3,(H,10,15)(H,11,12,13). The number of carbonyl (C=O) groups excluding carboxylic acids is 1. The number of H-pyrrole nitrogens is 1. The van der Waals surface area contributed by atoms with E-state index in [9.17, 15) is 4.79 Å². The van der Waals surface area contributed by atoms with Crippen molar-refractivity contribution in [3.05, 3.63) is 12.2 Å². The molecule has 1 rings (SSSR count). The molecule has 0 saturated heterocycles. The smallest absolute Gasteiger partial charge is 0.288 e. The van der Waals surface area contributed by atoms with Crippen LogP contribution in [-0.2, 0) is 0 Å². The van der Waals surface area contributed by atoms with Gasteiger partial charge >= 0.3 is 0 Å². The number of nitrogens with zero attached hydrogens (tertiary/aromatic N) is 3. The lowest BCUT2D eigenvalue weighted by molar-refractivity contribution is 0.0943. The Kier molecular flexibility index (Phi) is 4.76. The van der Waals surface area contributed by atoms with Crippen molar-refractivity contribution in [1.82, 2.24) is 25.4 Å². The Morgan fingerprint density at radius 3 is 2.93 bits per heavy atom.